The molecular weight excluding hydrogens is 206 g/mol. The highest BCUT2D eigenvalue weighted by Crippen LogP contribution is 2.07. The average molecular weight is 211 g/mol. The molecule has 11 nitrogen and oxygen atoms in total. The molecule has 0 aromatic carbocycles. The molecule has 3 N–H and O–H groups in total. The standard InChI is InChI=1S/C4H5N9O2/c5-3-6-4(13(14)15)9-12(3)1-2-7-10-11-8-2/h1H2,(H2,5,6,9)(H,7,8,10,11). The minimum absolute atomic E-state index is 0.0726. The molecule has 0 aliphatic carbocycles. The summed E-state index contributed by atoms with van der Waals surface area (Å²) in [5.74, 6) is -0.330. The molecule has 78 valence electrons. The van der Waals surface area contributed by atoms with E-state index in [4.69, 9.17) is 5.73 Å². The molecule has 2 aromatic heterocycles. The van der Waals surface area contributed by atoms with E-state index in [9.17, 15) is 10.1 Å². The quantitative estimate of drug-likeness (QED) is 0.451. The molecule has 11 heteroatoms. The third kappa shape index (κ3) is 1.70. The SMILES string of the molecule is Nc1nc([N+](=O)[O-])nn1Cc1nn[nH]n1. The minimum Gasteiger partial charge on any atom is -0.390 e. The van der Waals surface area contributed by atoms with Gasteiger partial charge < -0.3 is 15.8 Å². The fourth-order valence-electron chi connectivity index (χ4n) is 0.919. The number of nitrogens with zero attached hydrogens (tertiary/aromatic N) is 7. The summed E-state index contributed by atoms with van der Waals surface area (Å²) in [5.41, 5.74) is 5.39. The largest absolute Gasteiger partial charge is 0.493 e. The van der Waals surface area contributed by atoms with Crippen molar-refractivity contribution in [1.29, 1.82) is 0 Å². The first kappa shape index (κ1) is 8.98. The van der Waals surface area contributed by atoms with Crippen LogP contribution in [-0.4, -0.2) is 40.3 Å². The second-order valence-corrected chi connectivity index (χ2v) is 2.51. The second kappa shape index (κ2) is 3.28. The number of tetrazole rings is 1. The number of nitrogens with one attached hydrogen (secondary N) is 1. The zero-order chi connectivity index (χ0) is 10.8. The summed E-state index contributed by atoms with van der Waals surface area (Å²) in [6, 6.07) is 0. The Morgan fingerprint density at radius 1 is 1.60 bits per heavy atom. The molecule has 0 atom stereocenters. The van der Waals surface area contributed by atoms with Crippen LogP contribution < -0.4 is 5.73 Å². The molecule has 0 saturated heterocycles. The summed E-state index contributed by atoms with van der Waals surface area (Å²) in [6.45, 7) is 0.0726. The molecule has 0 aliphatic heterocycles. The van der Waals surface area contributed by atoms with Gasteiger partial charge in [0.2, 0.25) is 0 Å². The van der Waals surface area contributed by atoms with E-state index >= 15 is 0 Å². The maximum absolute atomic E-state index is 10.3. The Labute approximate surface area is 81.4 Å². The lowest BCUT2D eigenvalue weighted by Crippen LogP contribution is -2.07. The first-order valence-electron chi connectivity index (χ1n) is 3.74. The van der Waals surface area contributed by atoms with E-state index in [1.165, 1.54) is 0 Å². The zero-order valence-corrected chi connectivity index (χ0v) is 7.23. The van der Waals surface area contributed by atoms with Crippen LogP contribution in [0.3, 0.4) is 0 Å². The molecule has 0 bridgehead atoms. The van der Waals surface area contributed by atoms with Crippen molar-refractivity contribution in [2.24, 2.45) is 0 Å². The molecule has 0 aliphatic rings. The number of nitrogen functional groups attached to an aromatic ring is 1. The van der Waals surface area contributed by atoms with Gasteiger partial charge in [0.05, 0.1) is 0 Å². The Morgan fingerprint density at radius 3 is 2.93 bits per heavy atom. The molecule has 0 unspecified atom stereocenters. The third-order valence-corrected chi connectivity index (χ3v) is 1.53. The number of hydrogen-bond donors (Lipinski definition) is 2. The Kier molecular flexibility index (Phi) is 1.97. The number of nitro groups is 1. The molecule has 0 spiro atoms. The molecule has 0 fully saturated rings. The van der Waals surface area contributed by atoms with E-state index in [1.54, 1.807) is 0 Å². The van der Waals surface area contributed by atoms with Gasteiger partial charge in [-0.3, -0.25) is 0 Å². The molecule has 0 radical (unpaired) electrons. The zero-order valence-electron chi connectivity index (χ0n) is 7.23. The molecule has 15 heavy (non-hydrogen) atoms. The molecule has 2 rings (SSSR count). The predicted molar refractivity (Wildman–Crippen MR) is 44.4 cm³/mol. The van der Waals surface area contributed by atoms with Gasteiger partial charge in [-0.2, -0.15) is 5.21 Å². The number of H-pyrrole nitrogens is 1. The van der Waals surface area contributed by atoms with E-state index in [-0.39, 0.29) is 12.5 Å². The molecular formula is C4H5N9O2. The van der Waals surface area contributed by atoms with Gasteiger partial charge in [0.25, 0.3) is 0 Å². The van der Waals surface area contributed by atoms with E-state index in [0.717, 1.165) is 4.68 Å². The van der Waals surface area contributed by atoms with Crippen molar-refractivity contribution in [3.8, 4) is 0 Å². The number of anilines is 1. The maximum atomic E-state index is 10.3. The van der Waals surface area contributed by atoms with Gasteiger partial charge in [-0.25, -0.2) is 0 Å². The van der Waals surface area contributed by atoms with Crippen molar-refractivity contribution < 1.29 is 4.92 Å². The smallest absolute Gasteiger partial charge is 0.390 e. The third-order valence-electron chi connectivity index (χ3n) is 1.53. The van der Waals surface area contributed by atoms with Crippen LogP contribution >= 0.6 is 0 Å². The van der Waals surface area contributed by atoms with Crippen LogP contribution in [0.2, 0.25) is 0 Å². The number of aromatic amines is 1. The van der Waals surface area contributed by atoms with Gasteiger partial charge in [0.1, 0.15) is 6.54 Å². The van der Waals surface area contributed by atoms with Gasteiger partial charge in [0, 0.05) is 5.10 Å². The Bertz CT molecular complexity index is 472. The van der Waals surface area contributed by atoms with Gasteiger partial charge in [-0.05, 0) is 9.91 Å². The van der Waals surface area contributed by atoms with Crippen molar-refractivity contribution in [1.82, 2.24) is 35.4 Å². The summed E-state index contributed by atoms with van der Waals surface area (Å²) in [5, 5.41) is 26.7. The summed E-state index contributed by atoms with van der Waals surface area (Å²) in [6.07, 6.45) is 0. The fourth-order valence-corrected chi connectivity index (χ4v) is 0.919. The number of hydrogen-bond acceptors (Lipinski definition) is 8. The number of rotatable bonds is 3. The van der Waals surface area contributed by atoms with Gasteiger partial charge in [-0.1, -0.05) is 5.21 Å². The Morgan fingerprint density at radius 2 is 2.40 bits per heavy atom. The van der Waals surface area contributed by atoms with E-state index < -0.39 is 10.9 Å². The average Bonchev–Trinajstić information content (AvgIpc) is 2.77. The topological polar surface area (TPSA) is 154 Å². The van der Waals surface area contributed by atoms with Gasteiger partial charge in [0.15, 0.2) is 5.82 Å². The van der Waals surface area contributed by atoms with Crippen LogP contribution in [0.25, 0.3) is 0 Å². The van der Waals surface area contributed by atoms with Crippen LogP contribution in [-0.2, 0) is 6.54 Å². The lowest BCUT2D eigenvalue weighted by molar-refractivity contribution is -0.394. The molecule has 0 saturated carbocycles. The summed E-state index contributed by atoms with van der Waals surface area (Å²) < 4.78 is 1.11. The highest BCUT2D eigenvalue weighted by Gasteiger charge is 2.19. The van der Waals surface area contributed by atoms with Crippen molar-refractivity contribution in [3.63, 3.8) is 0 Å². The van der Waals surface area contributed by atoms with Crippen molar-refractivity contribution in [2.45, 2.75) is 6.54 Å². The highest BCUT2D eigenvalue weighted by molar-refractivity contribution is 5.22. The lowest BCUT2D eigenvalue weighted by atomic mass is 10.6. The summed E-state index contributed by atoms with van der Waals surface area (Å²) in [7, 11) is 0. The van der Waals surface area contributed by atoms with E-state index in [2.05, 4.69) is 30.7 Å². The van der Waals surface area contributed by atoms with Crippen molar-refractivity contribution >= 4 is 11.9 Å². The van der Waals surface area contributed by atoms with Crippen LogP contribution in [0.4, 0.5) is 11.9 Å². The predicted octanol–water partition coefficient (Wildman–Crippen LogP) is -1.67. The van der Waals surface area contributed by atoms with Crippen LogP contribution in [0.1, 0.15) is 5.82 Å². The number of nitrogens with two attached hydrogens (primary N) is 1. The molecule has 2 aromatic rings. The first-order valence-corrected chi connectivity index (χ1v) is 3.74. The summed E-state index contributed by atoms with van der Waals surface area (Å²) in [4.78, 5) is 13.0. The Balaban J connectivity index is 2.25. The molecule has 0 amide bonds. The summed E-state index contributed by atoms with van der Waals surface area (Å²) >= 11 is 0. The van der Waals surface area contributed by atoms with Crippen LogP contribution in [0, 0.1) is 10.1 Å². The number of aromatic nitrogens is 7. The lowest BCUT2D eigenvalue weighted by Gasteiger charge is -1.90. The van der Waals surface area contributed by atoms with Crippen LogP contribution in [0.5, 0.6) is 0 Å². The monoisotopic (exact) mass is 211 g/mol. The fraction of sp³-hybridized carbons (Fsp3) is 0.250. The van der Waals surface area contributed by atoms with Gasteiger partial charge in [-0.15, -0.1) is 14.9 Å². The van der Waals surface area contributed by atoms with E-state index in [0.29, 0.717) is 5.82 Å². The van der Waals surface area contributed by atoms with Crippen molar-refractivity contribution in [2.75, 3.05) is 5.73 Å². The maximum Gasteiger partial charge on any atom is 0.493 e. The second-order valence-electron chi connectivity index (χ2n) is 2.51. The minimum atomic E-state index is -0.733. The Hall–Kier alpha value is -2.59. The first-order chi connectivity index (χ1) is 7.16. The molecule has 2 heterocycles. The van der Waals surface area contributed by atoms with Crippen LogP contribution in [0.15, 0.2) is 0 Å². The highest BCUT2D eigenvalue weighted by atomic mass is 16.6. The van der Waals surface area contributed by atoms with Gasteiger partial charge >= 0.3 is 11.9 Å². The van der Waals surface area contributed by atoms with E-state index in [1.807, 2.05) is 0 Å². The normalized spacial score (nSPS) is 10.4. The van der Waals surface area contributed by atoms with Crippen molar-refractivity contribution in [3.05, 3.63) is 15.9 Å².